The molecule has 0 aliphatic rings. The van der Waals surface area contributed by atoms with Crippen molar-refractivity contribution in [1.29, 1.82) is 0 Å². The van der Waals surface area contributed by atoms with E-state index in [2.05, 4.69) is 20.7 Å². The lowest BCUT2D eigenvalue weighted by Gasteiger charge is -2.09. The Morgan fingerprint density at radius 2 is 2.23 bits per heavy atom. The quantitative estimate of drug-likeness (QED) is 0.467. The fourth-order valence-corrected chi connectivity index (χ4v) is 4.00. The predicted molar refractivity (Wildman–Crippen MR) is 107 cm³/mol. The number of unbranched alkanes of at least 4 members (excludes halogenated alkanes) is 1. The summed E-state index contributed by atoms with van der Waals surface area (Å²) < 4.78 is 1.98. The zero-order valence-corrected chi connectivity index (χ0v) is 16.6. The molecule has 3 aromatic rings. The van der Waals surface area contributed by atoms with Crippen LogP contribution in [-0.4, -0.2) is 33.2 Å². The van der Waals surface area contributed by atoms with Gasteiger partial charge in [-0.05, 0) is 50.6 Å². The van der Waals surface area contributed by atoms with Crippen LogP contribution in [-0.2, 0) is 6.42 Å². The fourth-order valence-electron chi connectivity index (χ4n) is 2.66. The van der Waals surface area contributed by atoms with Gasteiger partial charge in [0, 0.05) is 41.3 Å². The molecule has 7 heteroatoms. The van der Waals surface area contributed by atoms with Crippen LogP contribution in [0, 0.1) is 6.92 Å². The van der Waals surface area contributed by atoms with Crippen molar-refractivity contribution in [3.8, 4) is 5.69 Å². The lowest BCUT2D eigenvalue weighted by Crippen LogP contribution is -2.24. The molecule has 0 radical (unpaired) electrons. The smallest absolute Gasteiger partial charge is 0.251 e. The standard InChI is InChI=1S/C19H22N4OS2/c1-14-13-26-17(22-14)8-3-4-9-20-18(24)15-6-5-7-16(12-15)23-11-10-21-19(23)25-2/h5-7,10-13H,3-4,8-9H2,1-2H3,(H,20,24). The maximum absolute atomic E-state index is 12.4. The number of hydrogen-bond acceptors (Lipinski definition) is 5. The minimum absolute atomic E-state index is 0.0391. The van der Waals surface area contributed by atoms with Crippen LogP contribution in [0.25, 0.3) is 5.69 Å². The van der Waals surface area contributed by atoms with Crippen LogP contribution in [0.5, 0.6) is 0 Å². The number of aromatic nitrogens is 3. The molecule has 5 nitrogen and oxygen atoms in total. The largest absolute Gasteiger partial charge is 0.352 e. The van der Waals surface area contributed by atoms with Crippen molar-refractivity contribution in [2.45, 2.75) is 31.3 Å². The number of imidazole rings is 1. The number of thiazole rings is 1. The minimum Gasteiger partial charge on any atom is -0.352 e. The van der Waals surface area contributed by atoms with E-state index in [0.717, 1.165) is 35.8 Å². The Labute approximate surface area is 161 Å². The molecule has 1 amide bonds. The molecule has 0 saturated heterocycles. The second-order valence-corrected chi connectivity index (χ2v) is 7.65. The van der Waals surface area contributed by atoms with Crippen LogP contribution in [0.1, 0.15) is 33.9 Å². The summed E-state index contributed by atoms with van der Waals surface area (Å²) >= 11 is 3.28. The van der Waals surface area contributed by atoms with E-state index >= 15 is 0 Å². The Bertz CT molecular complexity index is 872. The first-order valence-corrected chi connectivity index (χ1v) is 10.6. The molecule has 26 heavy (non-hydrogen) atoms. The molecule has 0 atom stereocenters. The summed E-state index contributed by atoms with van der Waals surface area (Å²) in [5.74, 6) is -0.0391. The highest BCUT2D eigenvalue weighted by atomic mass is 32.2. The Hall–Kier alpha value is -2.12. The van der Waals surface area contributed by atoms with Crippen molar-refractivity contribution < 1.29 is 4.79 Å². The van der Waals surface area contributed by atoms with E-state index in [1.54, 1.807) is 29.3 Å². The zero-order valence-electron chi connectivity index (χ0n) is 14.9. The second-order valence-electron chi connectivity index (χ2n) is 5.93. The zero-order chi connectivity index (χ0) is 18.4. The second kappa shape index (κ2) is 9.00. The first-order chi connectivity index (χ1) is 12.7. The molecule has 2 heterocycles. The van der Waals surface area contributed by atoms with Gasteiger partial charge in [-0.25, -0.2) is 9.97 Å². The third-order valence-electron chi connectivity index (χ3n) is 3.95. The molecule has 0 unspecified atom stereocenters. The summed E-state index contributed by atoms with van der Waals surface area (Å²) in [5, 5.41) is 7.16. The molecular formula is C19H22N4OS2. The summed E-state index contributed by atoms with van der Waals surface area (Å²) in [6.07, 6.45) is 8.61. The molecule has 2 aromatic heterocycles. The first-order valence-electron chi connectivity index (χ1n) is 8.54. The number of aryl methyl sites for hydroxylation is 2. The summed E-state index contributed by atoms with van der Waals surface area (Å²) in [4.78, 5) is 21.2. The number of benzene rings is 1. The summed E-state index contributed by atoms with van der Waals surface area (Å²) in [7, 11) is 0. The Morgan fingerprint density at radius 1 is 1.35 bits per heavy atom. The highest BCUT2D eigenvalue weighted by Crippen LogP contribution is 2.19. The van der Waals surface area contributed by atoms with Gasteiger partial charge in [0.2, 0.25) is 0 Å². The number of carbonyl (C=O) groups is 1. The van der Waals surface area contributed by atoms with Crippen LogP contribution >= 0.6 is 23.1 Å². The van der Waals surface area contributed by atoms with E-state index in [-0.39, 0.29) is 5.91 Å². The van der Waals surface area contributed by atoms with Crippen molar-refractivity contribution in [3.05, 3.63) is 58.3 Å². The molecule has 0 aliphatic carbocycles. The molecule has 0 spiro atoms. The van der Waals surface area contributed by atoms with Crippen LogP contribution < -0.4 is 5.32 Å². The van der Waals surface area contributed by atoms with Crippen molar-refractivity contribution in [1.82, 2.24) is 19.9 Å². The van der Waals surface area contributed by atoms with Gasteiger partial charge in [-0.1, -0.05) is 17.8 Å². The number of nitrogens with zero attached hydrogens (tertiary/aromatic N) is 3. The monoisotopic (exact) mass is 386 g/mol. The fraction of sp³-hybridized carbons (Fsp3) is 0.316. The topological polar surface area (TPSA) is 59.8 Å². The van der Waals surface area contributed by atoms with Gasteiger partial charge in [-0.3, -0.25) is 9.36 Å². The first kappa shape index (κ1) is 18.7. The average Bonchev–Trinajstić information content (AvgIpc) is 3.30. The Morgan fingerprint density at radius 3 is 3.00 bits per heavy atom. The lowest BCUT2D eigenvalue weighted by atomic mass is 10.2. The highest BCUT2D eigenvalue weighted by molar-refractivity contribution is 7.98. The number of rotatable bonds is 8. The SMILES string of the molecule is CSc1nccn1-c1cccc(C(=O)NCCCCc2nc(C)cs2)c1. The number of carbonyl (C=O) groups excluding carboxylic acids is 1. The van der Waals surface area contributed by atoms with Crippen LogP contribution in [0.4, 0.5) is 0 Å². The average molecular weight is 387 g/mol. The normalized spacial score (nSPS) is 10.8. The van der Waals surface area contributed by atoms with E-state index in [9.17, 15) is 4.79 Å². The Kier molecular flexibility index (Phi) is 6.46. The van der Waals surface area contributed by atoms with Crippen molar-refractivity contribution in [2.24, 2.45) is 0 Å². The maximum atomic E-state index is 12.4. The molecule has 1 N–H and O–H groups in total. The lowest BCUT2D eigenvalue weighted by molar-refractivity contribution is 0.0953. The van der Waals surface area contributed by atoms with E-state index in [1.807, 2.05) is 48.2 Å². The number of thioether (sulfide) groups is 1. The van der Waals surface area contributed by atoms with E-state index in [1.165, 1.54) is 5.01 Å². The third kappa shape index (κ3) is 4.74. The molecule has 0 fully saturated rings. The molecule has 0 bridgehead atoms. The van der Waals surface area contributed by atoms with Gasteiger partial charge in [0.15, 0.2) is 5.16 Å². The van der Waals surface area contributed by atoms with Crippen LogP contribution in [0.3, 0.4) is 0 Å². The maximum Gasteiger partial charge on any atom is 0.251 e. The van der Waals surface area contributed by atoms with Crippen molar-refractivity contribution >= 4 is 29.0 Å². The molecule has 1 aromatic carbocycles. The molecule has 0 aliphatic heterocycles. The van der Waals surface area contributed by atoms with Crippen LogP contribution in [0.2, 0.25) is 0 Å². The number of amides is 1. The molecule has 3 rings (SSSR count). The summed E-state index contributed by atoms with van der Waals surface area (Å²) in [5.41, 5.74) is 2.69. The number of hydrogen-bond donors (Lipinski definition) is 1. The Balaban J connectivity index is 1.51. The van der Waals surface area contributed by atoms with Gasteiger partial charge in [-0.15, -0.1) is 11.3 Å². The van der Waals surface area contributed by atoms with Crippen molar-refractivity contribution in [2.75, 3.05) is 12.8 Å². The number of nitrogens with one attached hydrogen (secondary N) is 1. The molecular weight excluding hydrogens is 364 g/mol. The van der Waals surface area contributed by atoms with Crippen LogP contribution in [0.15, 0.2) is 47.2 Å². The van der Waals surface area contributed by atoms with E-state index in [0.29, 0.717) is 12.1 Å². The van der Waals surface area contributed by atoms with Crippen molar-refractivity contribution in [3.63, 3.8) is 0 Å². The molecule has 0 saturated carbocycles. The van der Waals surface area contributed by atoms with Gasteiger partial charge < -0.3 is 5.32 Å². The van der Waals surface area contributed by atoms with Gasteiger partial charge in [0.1, 0.15) is 0 Å². The third-order valence-corrected chi connectivity index (χ3v) is 5.64. The van der Waals surface area contributed by atoms with E-state index < -0.39 is 0 Å². The van der Waals surface area contributed by atoms with Gasteiger partial charge >= 0.3 is 0 Å². The van der Waals surface area contributed by atoms with Gasteiger partial charge in [0.25, 0.3) is 5.91 Å². The predicted octanol–water partition coefficient (Wildman–Crippen LogP) is 4.11. The highest BCUT2D eigenvalue weighted by Gasteiger charge is 2.09. The minimum atomic E-state index is -0.0391. The summed E-state index contributed by atoms with van der Waals surface area (Å²) in [6.45, 7) is 2.69. The van der Waals surface area contributed by atoms with Gasteiger partial charge in [0.05, 0.1) is 5.01 Å². The molecule has 136 valence electrons. The summed E-state index contributed by atoms with van der Waals surface area (Å²) in [6, 6.07) is 7.62. The van der Waals surface area contributed by atoms with Gasteiger partial charge in [-0.2, -0.15) is 0 Å². The van der Waals surface area contributed by atoms with E-state index in [4.69, 9.17) is 0 Å².